The van der Waals surface area contributed by atoms with Crippen molar-refractivity contribution < 1.29 is 0 Å². The summed E-state index contributed by atoms with van der Waals surface area (Å²) in [5.74, 6) is 1.14. The van der Waals surface area contributed by atoms with Crippen molar-refractivity contribution in [1.82, 2.24) is 15.0 Å². The summed E-state index contributed by atoms with van der Waals surface area (Å²) in [5, 5.41) is 3.40. The fraction of sp³-hybridized carbons (Fsp3) is 0.357. The lowest BCUT2D eigenvalue weighted by Gasteiger charge is -2.26. The zero-order valence-corrected chi connectivity index (χ0v) is 14.3. The van der Waals surface area contributed by atoms with E-state index < -0.39 is 0 Å². The summed E-state index contributed by atoms with van der Waals surface area (Å²) in [6.45, 7) is 1.95. The van der Waals surface area contributed by atoms with Gasteiger partial charge in [0.15, 0.2) is 0 Å². The van der Waals surface area contributed by atoms with E-state index in [4.69, 9.17) is 11.6 Å². The number of nitrogens with zero attached hydrogens (tertiary/aromatic N) is 4. The smallest absolute Gasteiger partial charge is 0.233 e. The van der Waals surface area contributed by atoms with Gasteiger partial charge in [-0.2, -0.15) is 15.0 Å². The average Bonchev–Trinajstić information content (AvgIpc) is 2.50. The van der Waals surface area contributed by atoms with E-state index in [-0.39, 0.29) is 5.28 Å². The summed E-state index contributed by atoms with van der Waals surface area (Å²) in [5.41, 5.74) is 0.933. The van der Waals surface area contributed by atoms with Crippen LogP contribution in [0.1, 0.15) is 19.3 Å². The number of anilines is 3. The molecular formula is C14H15ClIN5. The molecule has 0 saturated carbocycles. The normalized spacial score (nSPS) is 15.0. The predicted octanol–water partition coefficient (Wildman–Crippen LogP) is 3.86. The highest BCUT2D eigenvalue weighted by Gasteiger charge is 2.15. The summed E-state index contributed by atoms with van der Waals surface area (Å²) in [6.07, 6.45) is 3.61. The van der Waals surface area contributed by atoms with Gasteiger partial charge >= 0.3 is 0 Å². The van der Waals surface area contributed by atoms with Crippen molar-refractivity contribution in [2.45, 2.75) is 19.3 Å². The van der Waals surface area contributed by atoms with Crippen LogP contribution in [-0.4, -0.2) is 28.0 Å². The van der Waals surface area contributed by atoms with Crippen molar-refractivity contribution in [2.24, 2.45) is 0 Å². The van der Waals surface area contributed by atoms with Crippen LogP contribution in [0.15, 0.2) is 24.3 Å². The lowest BCUT2D eigenvalue weighted by Crippen LogP contribution is -2.31. The van der Waals surface area contributed by atoms with Crippen molar-refractivity contribution in [1.29, 1.82) is 0 Å². The molecule has 1 saturated heterocycles. The van der Waals surface area contributed by atoms with Crippen molar-refractivity contribution >= 4 is 51.8 Å². The third-order valence-electron chi connectivity index (χ3n) is 3.34. The SMILES string of the molecule is Clc1nc(Nc2ccc(I)cc2)nc(N2CCCCC2)n1. The average molecular weight is 416 g/mol. The molecule has 3 rings (SSSR count). The van der Waals surface area contributed by atoms with E-state index in [0.29, 0.717) is 11.9 Å². The number of rotatable bonds is 3. The number of hydrogen-bond acceptors (Lipinski definition) is 5. The number of benzene rings is 1. The largest absolute Gasteiger partial charge is 0.341 e. The van der Waals surface area contributed by atoms with E-state index in [1.165, 1.54) is 22.8 Å². The van der Waals surface area contributed by atoms with Crippen LogP contribution in [0.2, 0.25) is 5.28 Å². The molecular weight excluding hydrogens is 401 g/mol. The van der Waals surface area contributed by atoms with Gasteiger partial charge in [0, 0.05) is 22.3 Å². The first kappa shape index (κ1) is 14.8. The number of nitrogens with one attached hydrogen (secondary N) is 1. The molecule has 21 heavy (non-hydrogen) atoms. The van der Waals surface area contributed by atoms with E-state index in [0.717, 1.165) is 18.8 Å². The molecule has 1 aromatic heterocycles. The minimum Gasteiger partial charge on any atom is -0.341 e. The van der Waals surface area contributed by atoms with Crippen molar-refractivity contribution in [3.8, 4) is 0 Å². The second-order valence-electron chi connectivity index (χ2n) is 4.91. The Hall–Kier alpha value is -1.15. The van der Waals surface area contributed by atoms with Gasteiger partial charge < -0.3 is 10.2 Å². The molecule has 7 heteroatoms. The highest BCUT2D eigenvalue weighted by atomic mass is 127. The van der Waals surface area contributed by atoms with Crippen molar-refractivity contribution in [2.75, 3.05) is 23.3 Å². The van der Waals surface area contributed by atoms with Crippen LogP contribution in [0.4, 0.5) is 17.6 Å². The summed E-state index contributed by atoms with van der Waals surface area (Å²) in [7, 11) is 0. The summed E-state index contributed by atoms with van der Waals surface area (Å²) in [6, 6.07) is 8.02. The summed E-state index contributed by atoms with van der Waals surface area (Å²) in [4.78, 5) is 15.0. The van der Waals surface area contributed by atoms with Crippen LogP contribution in [-0.2, 0) is 0 Å². The Labute approximate surface area is 142 Å². The maximum Gasteiger partial charge on any atom is 0.233 e. The van der Waals surface area contributed by atoms with Gasteiger partial charge in [-0.3, -0.25) is 0 Å². The molecule has 0 spiro atoms. The van der Waals surface area contributed by atoms with E-state index >= 15 is 0 Å². The minimum absolute atomic E-state index is 0.221. The molecule has 1 aliphatic heterocycles. The Balaban J connectivity index is 1.81. The van der Waals surface area contributed by atoms with Crippen LogP contribution < -0.4 is 10.2 Å². The molecule has 0 radical (unpaired) electrons. The first-order valence-electron chi connectivity index (χ1n) is 6.90. The zero-order chi connectivity index (χ0) is 14.7. The van der Waals surface area contributed by atoms with Gasteiger partial charge in [-0.15, -0.1) is 0 Å². The van der Waals surface area contributed by atoms with E-state index in [1.54, 1.807) is 0 Å². The number of aromatic nitrogens is 3. The zero-order valence-electron chi connectivity index (χ0n) is 11.4. The van der Waals surface area contributed by atoms with E-state index in [1.807, 2.05) is 24.3 Å². The molecule has 0 amide bonds. The highest BCUT2D eigenvalue weighted by Crippen LogP contribution is 2.21. The maximum absolute atomic E-state index is 6.03. The Morgan fingerprint density at radius 3 is 2.43 bits per heavy atom. The molecule has 2 aromatic rings. The standard InChI is InChI=1S/C14H15ClIN5/c15-12-18-13(17-11-6-4-10(16)5-7-11)20-14(19-12)21-8-2-1-3-9-21/h4-7H,1-3,8-9H2,(H,17,18,19,20). The number of halogens is 2. The first-order valence-corrected chi connectivity index (χ1v) is 8.35. The van der Waals surface area contributed by atoms with Gasteiger partial charge in [0.05, 0.1) is 0 Å². The molecule has 2 heterocycles. The monoisotopic (exact) mass is 415 g/mol. The molecule has 0 unspecified atom stereocenters. The molecule has 5 nitrogen and oxygen atoms in total. The third kappa shape index (κ3) is 3.94. The number of piperidine rings is 1. The van der Waals surface area contributed by atoms with Crippen LogP contribution >= 0.6 is 34.2 Å². The van der Waals surface area contributed by atoms with Crippen LogP contribution in [0, 0.1) is 3.57 Å². The second kappa shape index (κ2) is 6.74. The summed E-state index contributed by atoms with van der Waals surface area (Å²) >= 11 is 8.30. The van der Waals surface area contributed by atoms with Crippen LogP contribution in [0.25, 0.3) is 0 Å². The van der Waals surface area contributed by atoms with Gasteiger partial charge in [0.2, 0.25) is 17.2 Å². The second-order valence-corrected chi connectivity index (χ2v) is 6.49. The Bertz CT molecular complexity index is 613. The molecule has 0 bridgehead atoms. The predicted molar refractivity (Wildman–Crippen MR) is 93.3 cm³/mol. The van der Waals surface area contributed by atoms with Crippen LogP contribution in [0.5, 0.6) is 0 Å². The lowest BCUT2D eigenvalue weighted by atomic mass is 10.1. The minimum atomic E-state index is 0.221. The Kier molecular flexibility index (Phi) is 4.74. The molecule has 0 atom stereocenters. The third-order valence-corrected chi connectivity index (χ3v) is 4.22. The lowest BCUT2D eigenvalue weighted by molar-refractivity contribution is 0.567. The quantitative estimate of drug-likeness (QED) is 0.772. The molecule has 1 N–H and O–H groups in total. The van der Waals surface area contributed by atoms with E-state index in [9.17, 15) is 0 Å². The molecule has 1 fully saturated rings. The highest BCUT2D eigenvalue weighted by molar-refractivity contribution is 14.1. The van der Waals surface area contributed by atoms with Crippen LogP contribution in [0.3, 0.4) is 0 Å². The topological polar surface area (TPSA) is 53.9 Å². The first-order chi connectivity index (χ1) is 10.2. The fourth-order valence-corrected chi connectivity index (χ4v) is 2.81. The van der Waals surface area contributed by atoms with Crippen molar-refractivity contribution in [3.63, 3.8) is 0 Å². The molecule has 1 aliphatic rings. The van der Waals surface area contributed by atoms with Gasteiger partial charge in [-0.05, 0) is 77.7 Å². The van der Waals surface area contributed by atoms with Gasteiger partial charge in [-0.25, -0.2) is 0 Å². The van der Waals surface area contributed by atoms with Gasteiger partial charge in [0.25, 0.3) is 0 Å². The Morgan fingerprint density at radius 1 is 1.00 bits per heavy atom. The van der Waals surface area contributed by atoms with Gasteiger partial charge in [0.1, 0.15) is 0 Å². The number of hydrogen-bond donors (Lipinski definition) is 1. The molecule has 1 aromatic carbocycles. The van der Waals surface area contributed by atoms with E-state index in [2.05, 4.69) is 47.8 Å². The van der Waals surface area contributed by atoms with Crippen molar-refractivity contribution in [3.05, 3.63) is 33.1 Å². The fourth-order valence-electron chi connectivity index (χ4n) is 2.29. The molecule has 110 valence electrons. The maximum atomic E-state index is 6.03. The molecule has 0 aliphatic carbocycles. The Morgan fingerprint density at radius 2 is 1.71 bits per heavy atom. The summed E-state index contributed by atoms with van der Waals surface area (Å²) < 4.78 is 1.18. The van der Waals surface area contributed by atoms with Gasteiger partial charge in [-0.1, -0.05) is 0 Å².